The van der Waals surface area contributed by atoms with Crippen molar-refractivity contribution in [2.24, 2.45) is 7.05 Å². The number of aromatic nitrogens is 3. The van der Waals surface area contributed by atoms with Gasteiger partial charge in [0, 0.05) is 26.2 Å². The largest absolute Gasteiger partial charge is 0.342 e. The van der Waals surface area contributed by atoms with E-state index in [1.165, 1.54) is 5.56 Å². The average molecular weight is 399 g/mol. The Morgan fingerprint density at radius 1 is 1.03 bits per heavy atom. The summed E-state index contributed by atoms with van der Waals surface area (Å²) in [4.78, 5) is 20.0. The lowest BCUT2D eigenvalue weighted by Crippen LogP contribution is -2.28. The first kappa shape index (κ1) is 19.8. The summed E-state index contributed by atoms with van der Waals surface area (Å²) < 4.78 is 1.75. The van der Waals surface area contributed by atoms with E-state index in [9.17, 15) is 4.79 Å². The molecule has 1 amide bonds. The van der Waals surface area contributed by atoms with E-state index in [1.807, 2.05) is 75.6 Å². The smallest absolute Gasteiger partial charge is 0.254 e. The maximum Gasteiger partial charge on any atom is 0.254 e. The van der Waals surface area contributed by atoms with Crippen LogP contribution >= 0.6 is 0 Å². The fourth-order valence-corrected chi connectivity index (χ4v) is 3.84. The first-order valence-electron chi connectivity index (χ1n) is 10.2. The van der Waals surface area contributed by atoms with Gasteiger partial charge in [-0.15, -0.1) is 0 Å². The zero-order valence-corrected chi connectivity index (χ0v) is 17.7. The second-order valence-corrected chi connectivity index (χ2v) is 7.64. The maximum absolute atomic E-state index is 13.4. The summed E-state index contributed by atoms with van der Waals surface area (Å²) in [7, 11) is 3.74. The quantitative estimate of drug-likeness (QED) is 0.475. The molecule has 0 bridgehead atoms. The predicted molar refractivity (Wildman–Crippen MR) is 120 cm³/mol. The molecule has 4 aromatic rings. The first-order chi connectivity index (χ1) is 14.5. The van der Waals surface area contributed by atoms with Gasteiger partial charge in [-0.2, -0.15) is 5.10 Å². The van der Waals surface area contributed by atoms with Gasteiger partial charge in [-0.1, -0.05) is 60.7 Å². The lowest BCUT2D eigenvalue weighted by molar-refractivity contribution is 0.0795. The Labute approximate surface area is 177 Å². The van der Waals surface area contributed by atoms with E-state index >= 15 is 0 Å². The van der Waals surface area contributed by atoms with Crippen molar-refractivity contribution in [1.82, 2.24) is 19.7 Å². The Hall–Kier alpha value is -3.47. The number of benzene rings is 2. The molecule has 5 nitrogen and oxygen atoms in total. The second-order valence-electron chi connectivity index (χ2n) is 7.64. The van der Waals surface area contributed by atoms with Gasteiger partial charge in [0.25, 0.3) is 5.91 Å². The number of aryl methyl sites for hydroxylation is 3. The summed E-state index contributed by atoms with van der Waals surface area (Å²) in [6.07, 6.45) is 1.86. The summed E-state index contributed by atoms with van der Waals surface area (Å²) in [5, 5.41) is 5.34. The standard InChI is InChI=1S/C25H26N4O/c1-18-23-21(25(30)28(2)16-10-13-19-11-6-4-7-12-19)17-22(20-14-8-5-9-15-20)26-24(23)29(3)27-18/h4-9,11-12,14-15,17H,10,13,16H2,1-3H3. The molecular weight excluding hydrogens is 372 g/mol. The summed E-state index contributed by atoms with van der Waals surface area (Å²) in [6.45, 7) is 2.62. The Kier molecular flexibility index (Phi) is 5.61. The number of pyridine rings is 1. The minimum absolute atomic E-state index is 0.00347. The molecule has 2 heterocycles. The minimum atomic E-state index is 0.00347. The minimum Gasteiger partial charge on any atom is -0.342 e. The number of carbonyl (C=O) groups is 1. The van der Waals surface area contributed by atoms with Crippen LogP contribution in [0.1, 0.15) is 28.0 Å². The van der Waals surface area contributed by atoms with Crippen LogP contribution in [0.2, 0.25) is 0 Å². The monoisotopic (exact) mass is 398 g/mol. The van der Waals surface area contributed by atoms with Crippen LogP contribution in [0, 0.1) is 6.92 Å². The van der Waals surface area contributed by atoms with Crippen molar-refractivity contribution in [3.8, 4) is 11.3 Å². The molecule has 0 saturated heterocycles. The zero-order chi connectivity index (χ0) is 21.1. The van der Waals surface area contributed by atoms with Crippen LogP contribution in [-0.2, 0) is 13.5 Å². The molecule has 4 rings (SSSR count). The number of fused-ring (bicyclic) bond motifs is 1. The van der Waals surface area contributed by atoms with Crippen molar-refractivity contribution in [1.29, 1.82) is 0 Å². The average Bonchev–Trinajstić information content (AvgIpc) is 3.07. The molecule has 0 spiro atoms. The predicted octanol–water partition coefficient (Wildman–Crippen LogP) is 4.65. The Balaban J connectivity index is 1.63. The molecule has 0 atom stereocenters. The second kappa shape index (κ2) is 8.49. The molecule has 0 radical (unpaired) electrons. The molecule has 0 aliphatic rings. The zero-order valence-electron chi connectivity index (χ0n) is 17.7. The third-order valence-electron chi connectivity index (χ3n) is 5.42. The van der Waals surface area contributed by atoms with Crippen molar-refractivity contribution in [2.75, 3.05) is 13.6 Å². The molecule has 2 aromatic heterocycles. The molecule has 0 aliphatic heterocycles. The van der Waals surface area contributed by atoms with Gasteiger partial charge in [-0.25, -0.2) is 4.98 Å². The van der Waals surface area contributed by atoms with Crippen molar-refractivity contribution >= 4 is 16.9 Å². The van der Waals surface area contributed by atoms with Crippen molar-refractivity contribution in [3.63, 3.8) is 0 Å². The molecule has 2 aromatic carbocycles. The van der Waals surface area contributed by atoms with Crippen LogP contribution in [0.3, 0.4) is 0 Å². The number of rotatable bonds is 6. The fraction of sp³-hybridized carbons (Fsp3) is 0.240. The summed E-state index contributed by atoms with van der Waals surface area (Å²) >= 11 is 0. The highest BCUT2D eigenvalue weighted by molar-refractivity contribution is 6.07. The van der Waals surface area contributed by atoms with Gasteiger partial charge < -0.3 is 4.90 Å². The Morgan fingerprint density at radius 3 is 2.40 bits per heavy atom. The van der Waals surface area contributed by atoms with Crippen LogP contribution < -0.4 is 0 Å². The molecule has 0 unspecified atom stereocenters. The van der Waals surface area contributed by atoms with Crippen molar-refractivity contribution in [3.05, 3.63) is 83.6 Å². The summed E-state index contributed by atoms with van der Waals surface area (Å²) in [5.74, 6) is 0.00347. The van der Waals surface area contributed by atoms with Crippen LogP contribution in [0.5, 0.6) is 0 Å². The lowest BCUT2D eigenvalue weighted by atomic mass is 10.0. The van der Waals surface area contributed by atoms with E-state index in [1.54, 1.807) is 9.58 Å². The molecular formula is C25H26N4O. The van der Waals surface area contributed by atoms with Gasteiger partial charge in [0.1, 0.15) is 0 Å². The van der Waals surface area contributed by atoms with Crippen LogP contribution in [-0.4, -0.2) is 39.2 Å². The number of hydrogen-bond acceptors (Lipinski definition) is 3. The maximum atomic E-state index is 13.4. The first-order valence-corrected chi connectivity index (χ1v) is 10.2. The van der Waals surface area contributed by atoms with E-state index in [2.05, 4.69) is 17.2 Å². The van der Waals surface area contributed by atoms with Crippen LogP contribution in [0.4, 0.5) is 0 Å². The highest BCUT2D eigenvalue weighted by Crippen LogP contribution is 2.27. The molecule has 0 fully saturated rings. The van der Waals surface area contributed by atoms with E-state index < -0.39 is 0 Å². The number of hydrogen-bond donors (Lipinski definition) is 0. The van der Waals surface area contributed by atoms with Gasteiger partial charge >= 0.3 is 0 Å². The normalized spacial score (nSPS) is 11.0. The van der Waals surface area contributed by atoms with E-state index in [0.29, 0.717) is 12.1 Å². The van der Waals surface area contributed by atoms with Gasteiger partial charge in [0.05, 0.1) is 22.3 Å². The molecule has 30 heavy (non-hydrogen) atoms. The van der Waals surface area contributed by atoms with Gasteiger partial charge in [0.15, 0.2) is 5.65 Å². The van der Waals surface area contributed by atoms with Crippen LogP contribution in [0.15, 0.2) is 66.7 Å². The van der Waals surface area contributed by atoms with Gasteiger partial charge in [0.2, 0.25) is 0 Å². The highest BCUT2D eigenvalue weighted by Gasteiger charge is 2.21. The number of nitrogens with zero attached hydrogens (tertiary/aromatic N) is 4. The molecule has 0 aliphatic carbocycles. The molecule has 0 N–H and O–H groups in total. The van der Waals surface area contributed by atoms with E-state index in [0.717, 1.165) is 40.8 Å². The lowest BCUT2D eigenvalue weighted by Gasteiger charge is -2.18. The van der Waals surface area contributed by atoms with Crippen molar-refractivity contribution < 1.29 is 4.79 Å². The third kappa shape index (κ3) is 3.96. The summed E-state index contributed by atoms with van der Waals surface area (Å²) in [5.41, 5.74) is 5.27. The Morgan fingerprint density at radius 2 is 1.70 bits per heavy atom. The molecule has 5 heteroatoms. The summed E-state index contributed by atoms with van der Waals surface area (Å²) in [6, 6.07) is 22.2. The fourth-order valence-electron chi connectivity index (χ4n) is 3.84. The van der Waals surface area contributed by atoms with E-state index in [-0.39, 0.29) is 5.91 Å². The topological polar surface area (TPSA) is 51.0 Å². The highest BCUT2D eigenvalue weighted by atomic mass is 16.2. The van der Waals surface area contributed by atoms with E-state index in [4.69, 9.17) is 4.98 Å². The van der Waals surface area contributed by atoms with Crippen LogP contribution in [0.25, 0.3) is 22.3 Å². The van der Waals surface area contributed by atoms with Gasteiger partial charge in [-0.3, -0.25) is 9.48 Å². The molecule has 0 saturated carbocycles. The van der Waals surface area contributed by atoms with Gasteiger partial charge in [-0.05, 0) is 31.4 Å². The SMILES string of the molecule is Cc1nn(C)c2nc(-c3ccccc3)cc(C(=O)N(C)CCCc3ccccc3)c12. The third-order valence-corrected chi connectivity index (χ3v) is 5.42. The Bertz CT molecular complexity index is 1170. The number of carbonyl (C=O) groups excluding carboxylic acids is 1. The van der Waals surface area contributed by atoms with Crippen molar-refractivity contribution in [2.45, 2.75) is 19.8 Å². The number of amides is 1. The molecule has 152 valence electrons.